The molecule has 1 amide bonds. The smallest absolute Gasteiger partial charge is 0.219 e. The highest BCUT2D eigenvalue weighted by molar-refractivity contribution is 5.73. The Labute approximate surface area is 96.0 Å². The van der Waals surface area contributed by atoms with E-state index in [1.807, 2.05) is 12.3 Å². The lowest BCUT2D eigenvalue weighted by molar-refractivity contribution is -0.118. The van der Waals surface area contributed by atoms with E-state index in [2.05, 4.69) is 31.2 Å². The van der Waals surface area contributed by atoms with Crippen LogP contribution in [0.3, 0.4) is 0 Å². The van der Waals surface area contributed by atoms with Crippen LogP contribution in [0.15, 0.2) is 12.3 Å². The van der Waals surface area contributed by atoms with Gasteiger partial charge in [0, 0.05) is 31.3 Å². The number of aromatic nitrogens is 2. The summed E-state index contributed by atoms with van der Waals surface area (Å²) in [5.74, 6) is 1.09. The van der Waals surface area contributed by atoms with Crippen LogP contribution in [-0.4, -0.2) is 21.7 Å². The number of hydrogen-bond donors (Lipinski definition) is 2. The quantitative estimate of drug-likeness (QED) is 0.763. The van der Waals surface area contributed by atoms with Gasteiger partial charge in [-0.25, -0.2) is 0 Å². The third-order valence-electron chi connectivity index (χ3n) is 2.60. The van der Waals surface area contributed by atoms with Gasteiger partial charge < -0.3 is 11.1 Å². The zero-order valence-electron chi connectivity index (χ0n) is 10.1. The average molecular weight is 224 g/mol. The Morgan fingerprint density at radius 3 is 2.81 bits per heavy atom. The summed E-state index contributed by atoms with van der Waals surface area (Å²) in [6, 6.07) is 2.28. The van der Waals surface area contributed by atoms with Gasteiger partial charge in [0.2, 0.25) is 5.91 Å². The SMILES string of the molecule is CC(C)C(C)Nc1ccn(CCC(N)=O)n1. The van der Waals surface area contributed by atoms with Crippen LogP contribution in [0, 0.1) is 5.92 Å². The van der Waals surface area contributed by atoms with E-state index in [0.717, 1.165) is 5.82 Å². The van der Waals surface area contributed by atoms with Crippen LogP contribution < -0.4 is 11.1 Å². The zero-order valence-corrected chi connectivity index (χ0v) is 10.1. The van der Waals surface area contributed by atoms with Crippen molar-refractivity contribution in [3.63, 3.8) is 0 Å². The Kier molecular flexibility index (Phi) is 4.34. The summed E-state index contributed by atoms with van der Waals surface area (Å²) in [5, 5.41) is 7.60. The van der Waals surface area contributed by atoms with Crippen molar-refractivity contribution in [1.29, 1.82) is 0 Å². The maximum absolute atomic E-state index is 10.6. The highest BCUT2D eigenvalue weighted by Gasteiger charge is 2.08. The number of aryl methyl sites for hydroxylation is 1. The number of primary amides is 1. The molecule has 1 heterocycles. The van der Waals surface area contributed by atoms with Crippen LogP contribution in [0.4, 0.5) is 5.82 Å². The summed E-state index contributed by atoms with van der Waals surface area (Å²) in [6.07, 6.45) is 2.17. The third-order valence-corrected chi connectivity index (χ3v) is 2.60. The summed E-state index contributed by atoms with van der Waals surface area (Å²) in [5.41, 5.74) is 5.07. The Morgan fingerprint density at radius 2 is 2.25 bits per heavy atom. The van der Waals surface area contributed by atoms with E-state index in [0.29, 0.717) is 24.9 Å². The van der Waals surface area contributed by atoms with Crippen LogP contribution in [-0.2, 0) is 11.3 Å². The second-order valence-electron chi connectivity index (χ2n) is 4.36. The molecule has 0 aliphatic rings. The second kappa shape index (κ2) is 5.53. The van der Waals surface area contributed by atoms with Gasteiger partial charge in [-0.2, -0.15) is 5.10 Å². The van der Waals surface area contributed by atoms with Crippen molar-refractivity contribution in [2.24, 2.45) is 11.7 Å². The number of nitrogens with zero attached hydrogens (tertiary/aromatic N) is 2. The largest absolute Gasteiger partial charge is 0.370 e. The van der Waals surface area contributed by atoms with Crippen molar-refractivity contribution >= 4 is 11.7 Å². The van der Waals surface area contributed by atoms with E-state index in [4.69, 9.17) is 5.73 Å². The molecule has 0 bridgehead atoms. The maximum atomic E-state index is 10.6. The summed E-state index contributed by atoms with van der Waals surface area (Å²) in [7, 11) is 0. The lowest BCUT2D eigenvalue weighted by Gasteiger charge is -2.16. The normalized spacial score (nSPS) is 12.8. The second-order valence-corrected chi connectivity index (χ2v) is 4.36. The monoisotopic (exact) mass is 224 g/mol. The molecule has 1 aromatic rings. The van der Waals surface area contributed by atoms with E-state index in [9.17, 15) is 4.79 Å². The summed E-state index contributed by atoms with van der Waals surface area (Å²) >= 11 is 0. The van der Waals surface area contributed by atoms with Gasteiger partial charge >= 0.3 is 0 Å². The molecule has 0 radical (unpaired) electrons. The number of anilines is 1. The number of carbonyl (C=O) groups is 1. The molecule has 1 aromatic heterocycles. The number of nitrogens with one attached hydrogen (secondary N) is 1. The molecular weight excluding hydrogens is 204 g/mol. The molecule has 0 aliphatic carbocycles. The molecule has 1 rings (SSSR count). The molecule has 5 heteroatoms. The lowest BCUT2D eigenvalue weighted by atomic mass is 10.1. The molecule has 0 spiro atoms. The van der Waals surface area contributed by atoms with Crippen LogP contribution in [0.5, 0.6) is 0 Å². The van der Waals surface area contributed by atoms with Gasteiger partial charge in [-0.3, -0.25) is 9.48 Å². The molecule has 5 nitrogen and oxygen atoms in total. The number of amides is 1. The highest BCUT2D eigenvalue weighted by Crippen LogP contribution is 2.09. The minimum atomic E-state index is -0.305. The van der Waals surface area contributed by atoms with Crippen molar-refractivity contribution in [3.8, 4) is 0 Å². The average Bonchev–Trinajstić information content (AvgIpc) is 2.62. The van der Waals surface area contributed by atoms with Crippen LogP contribution in [0.25, 0.3) is 0 Å². The fraction of sp³-hybridized carbons (Fsp3) is 0.636. The zero-order chi connectivity index (χ0) is 12.1. The Bertz CT molecular complexity index is 346. The highest BCUT2D eigenvalue weighted by atomic mass is 16.1. The van der Waals surface area contributed by atoms with Crippen LogP contribution in [0.2, 0.25) is 0 Å². The number of carbonyl (C=O) groups excluding carboxylic acids is 1. The van der Waals surface area contributed by atoms with Crippen molar-refractivity contribution in [2.45, 2.75) is 39.8 Å². The molecule has 1 atom stereocenters. The topological polar surface area (TPSA) is 72.9 Å². The van der Waals surface area contributed by atoms with Gasteiger partial charge in [0.1, 0.15) is 5.82 Å². The first-order valence-corrected chi connectivity index (χ1v) is 5.57. The molecular formula is C11H20N4O. The molecule has 3 N–H and O–H groups in total. The van der Waals surface area contributed by atoms with Crippen molar-refractivity contribution in [3.05, 3.63) is 12.3 Å². The third kappa shape index (κ3) is 3.92. The van der Waals surface area contributed by atoms with E-state index in [1.165, 1.54) is 0 Å². The van der Waals surface area contributed by atoms with Gasteiger partial charge in [-0.1, -0.05) is 13.8 Å². The molecule has 0 aliphatic heterocycles. The summed E-state index contributed by atoms with van der Waals surface area (Å²) in [4.78, 5) is 10.6. The predicted octanol–water partition coefficient (Wildman–Crippen LogP) is 1.21. The van der Waals surface area contributed by atoms with Gasteiger partial charge in [0.25, 0.3) is 0 Å². The van der Waals surface area contributed by atoms with Gasteiger partial charge in [0.05, 0.1) is 0 Å². The molecule has 0 fully saturated rings. The summed E-state index contributed by atoms with van der Waals surface area (Å²) < 4.78 is 1.72. The molecule has 90 valence electrons. The summed E-state index contributed by atoms with van der Waals surface area (Å²) in [6.45, 7) is 6.96. The number of rotatable bonds is 6. The van der Waals surface area contributed by atoms with E-state index in [1.54, 1.807) is 4.68 Å². The maximum Gasteiger partial charge on any atom is 0.219 e. The molecule has 0 saturated heterocycles. The standard InChI is InChI=1S/C11H20N4O/c1-8(2)9(3)13-11-5-7-15(14-11)6-4-10(12)16/h5,7-9H,4,6H2,1-3H3,(H2,12,16)(H,13,14). The van der Waals surface area contributed by atoms with E-state index >= 15 is 0 Å². The minimum absolute atomic E-state index is 0.305. The minimum Gasteiger partial charge on any atom is -0.370 e. The predicted molar refractivity (Wildman–Crippen MR) is 64.0 cm³/mol. The van der Waals surface area contributed by atoms with E-state index < -0.39 is 0 Å². The molecule has 1 unspecified atom stereocenters. The first kappa shape index (κ1) is 12.5. The molecule has 16 heavy (non-hydrogen) atoms. The van der Waals surface area contributed by atoms with Gasteiger partial charge in [0.15, 0.2) is 0 Å². The van der Waals surface area contributed by atoms with Gasteiger partial charge in [-0.05, 0) is 12.8 Å². The van der Waals surface area contributed by atoms with Gasteiger partial charge in [-0.15, -0.1) is 0 Å². The van der Waals surface area contributed by atoms with Crippen LogP contribution in [0.1, 0.15) is 27.2 Å². The fourth-order valence-electron chi connectivity index (χ4n) is 1.19. The first-order chi connectivity index (χ1) is 7.49. The number of hydrogen-bond acceptors (Lipinski definition) is 3. The van der Waals surface area contributed by atoms with E-state index in [-0.39, 0.29) is 5.91 Å². The Morgan fingerprint density at radius 1 is 1.56 bits per heavy atom. The molecule has 0 aromatic carbocycles. The van der Waals surface area contributed by atoms with Crippen molar-refractivity contribution in [2.75, 3.05) is 5.32 Å². The Balaban J connectivity index is 2.48. The Hall–Kier alpha value is -1.52. The molecule has 0 saturated carbocycles. The number of nitrogens with two attached hydrogens (primary N) is 1. The van der Waals surface area contributed by atoms with Crippen molar-refractivity contribution in [1.82, 2.24) is 9.78 Å². The fourth-order valence-corrected chi connectivity index (χ4v) is 1.19. The first-order valence-electron chi connectivity index (χ1n) is 5.57. The van der Waals surface area contributed by atoms with Crippen molar-refractivity contribution < 1.29 is 4.79 Å². The lowest BCUT2D eigenvalue weighted by Crippen LogP contribution is -2.22. The van der Waals surface area contributed by atoms with Crippen LogP contribution >= 0.6 is 0 Å².